The Kier molecular flexibility index (Phi) is 4.84. The second-order valence-electron chi connectivity index (χ2n) is 5.27. The highest BCUT2D eigenvalue weighted by molar-refractivity contribution is 5.95. The van der Waals surface area contributed by atoms with Crippen LogP contribution in [0.4, 0.5) is 0 Å². The molecule has 2 atom stereocenters. The van der Waals surface area contributed by atoms with Gasteiger partial charge in [0.2, 0.25) is 0 Å². The van der Waals surface area contributed by atoms with Crippen LogP contribution in [0.3, 0.4) is 0 Å². The number of rotatable bonds is 3. The molecule has 1 fully saturated rings. The standard InChI is InChI=1S/C15H22N2O3/c1-20-14-8-7-10(9-13(14)18)15(19)17-12-6-4-2-3-5-11(12)16/h7-9,11-12,18H,2-6,16H2,1H3,(H,17,19). The van der Waals surface area contributed by atoms with Gasteiger partial charge in [-0.25, -0.2) is 0 Å². The fraction of sp³-hybridized carbons (Fsp3) is 0.533. The molecule has 0 spiro atoms. The molecule has 2 rings (SSSR count). The molecule has 5 nitrogen and oxygen atoms in total. The lowest BCUT2D eigenvalue weighted by Crippen LogP contribution is -2.46. The largest absolute Gasteiger partial charge is 0.504 e. The minimum Gasteiger partial charge on any atom is -0.504 e. The summed E-state index contributed by atoms with van der Waals surface area (Å²) >= 11 is 0. The van der Waals surface area contributed by atoms with Gasteiger partial charge in [0.25, 0.3) is 5.91 Å². The Labute approximate surface area is 119 Å². The van der Waals surface area contributed by atoms with Crippen molar-refractivity contribution < 1.29 is 14.6 Å². The summed E-state index contributed by atoms with van der Waals surface area (Å²) in [6.45, 7) is 0. The summed E-state index contributed by atoms with van der Waals surface area (Å²) < 4.78 is 4.96. The third-order valence-corrected chi connectivity index (χ3v) is 3.83. The Morgan fingerprint density at radius 3 is 2.80 bits per heavy atom. The number of phenolic OH excluding ortho intramolecular Hbond substituents is 1. The number of carbonyl (C=O) groups is 1. The second kappa shape index (κ2) is 6.61. The van der Waals surface area contributed by atoms with Gasteiger partial charge in [-0.15, -0.1) is 0 Å². The molecule has 1 aromatic carbocycles. The van der Waals surface area contributed by atoms with Crippen molar-refractivity contribution in [3.8, 4) is 11.5 Å². The maximum atomic E-state index is 12.2. The Morgan fingerprint density at radius 1 is 1.35 bits per heavy atom. The van der Waals surface area contributed by atoms with E-state index in [2.05, 4.69) is 5.32 Å². The minimum atomic E-state index is -0.203. The van der Waals surface area contributed by atoms with Crippen molar-refractivity contribution in [2.24, 2.45) is 5.73 Å². The van der Waals surface area contributed by atoms with Crippen LogP contribution < -0.4 is 15.8 Å². The monoisotopic (exact) mass is 278 g/mol. The highest BCUT2D eigenvalue weighted by atomic mass is 16.5. The Hall–Kier alpha value is -1.75. The fourth-order valence-corrected chi connectivity index (χ4v) is 2.60. The first-order chi connectivity index (χ1) is 9.61. The van der Waals surface area contributed by atoms with Crippen molar-refractivity contribution in [2.75, 3.05) is 7.11 Å². The maximum absolute atomic E-state index is 12.2. The molecule has 110 valence electrons. The number of amides is 1. The van der Waals surface area contributed by atoms with Gasteiger partial charge in [0, 0.05) is 17.6 Å². The Bertz CT molecular complexity index is 476. The van der Waals surface area contributed by atoms with Crippen LogP contribution in [0.2, 0.25) is 0 Å². The molecule has 20 heavy (non-hydrogen) atoms. The van der Waals surface area contributed by atoms with E-state index in [4.69, 9.17) is 10.5 Å². The van der Waals surface area contributed by atoms with Crippen LogP contribution in [-0.2, 0) is 0 Å². The van der Waals surface area contributed by atoms with E-state index in [1.54, 1.807) is 12.1 Å². The van der Waals surface area contributed by atoms with Gasteiger partial charge in [-0.05, 0) is 31.0 Å². The lowest BCUT2D eigenvalue weighted by atomic mass is 10.0. The molecule has 2 unspecified atom stereocenters. The fourth-order valence-electron chi connectivity index (χ4n) is 2.60. The van der Waals surface area contributed by atoms with Gasteiger partial charge >= 0.3 is 0 Å². The van der Waals surface area contributed by atoms with Gasteiger partial charge in [0.1, 0.15) is 0 Å². The summed E-state index contributed by atoms with van der Waals surface area (Å²) in [5, 5.41) is 12.7. The van der Waals surface area contributed by atoms with Crippen LogP contribution in [0.5, 0.6) is 11.5 Å². The molecule has 5 heteroatoms. The summed E-state index contributed by atoms with van der Waals surface area (Å²) in [6.07, 6.45) is 5.24. The molecule has 0 saturated heterocycles. The Balaban J connectivity index is 2.05. The van der Waals surface area contributed by atoms with Crippen molar-refractivity contribution >= 4 is 5.91 Å². The summed E-state index contributed by atoms with van der Waals surface area (Å²) in [4.78, 5) is 12.2. The van der Waals surface area contributed by atoms with E-state index >= 15 is 0 Å². The van der Waals surface area contributed by atoms with Crippen LogP contribution in [-0.4, -0.2) is 30.2 Å². The van der Waals surface area contributed by atoms with Crippen LogP contribution >= 0.6 is 0 Å². The molecule has 0 radical (unpaired) electrons. The molecule has 1 aliphatic carbocycles. The number of hydrogen-bond acceptors (Lipinski definition) is 4. The number of ether oxygens (including phenoxy) is 1. The van der Waals surface area contributed by atoms with E-state index in [1.807, 2.05) is 0 Å². The van der Waals surface area contributed by atoms with Crippen LogP contribution in [0, 0.1) is 0 Å². The third kappa shape index (κ3) is 3.42. The van der Waals surface area contributed by atoms with Crippen LogP contribution in [0.25, 0.3) is 0 Å². The average Bonchev–Trinajstić information content (AvgIpc) is 2.64. The molecular weight excluding hydrogens is 256 g/mol. The molecule has 0 heterocycles. The van der Waals surface area contributed by atoms with Gasteiger partial charge in [-0.1, -0.05) is 19.3 Å². The second-order valence-corrected chi connectivity index (χ2v) is 5.27. The zero-order chi connectivity index (χ0) is 14.5. The van der Waals surface area contributed by atoms with E-state index in [0.717, 1.165) is 25.7 Å². The molecular formula is C15H22N2O3. The van der Waals surface area contributed by atoms with Crippen molar-refractivity contribution in [2.45, 2.75) is 44.2 Å². The highest BCUT2D eigenvalue weighted by Gasteiger charge is 2.22. The van der Waals surface area contributed by atoms with Gasteiger partial charge in [0.15, 0.2) is 11.5 Å². The first-order valence-corrected chi connectivity index (χ1v) is 7.05. The first kappa shape index (κ1) is 14.7. The number of methoxy groups -OCH3 is 1. The van der Waals surface area contributed by atoms with Crippen molar-refractivity contribution in [1.29, 1.82) is 0 Å². The van der Waals surface area contributed by atoms with E-state index in [-0.39, 0.29) is 23.7 Å². The molecule has 0 aliphatic heterocycles. The van der Waals surface area contributed by atoms with Crippen LogP contribution in [0.15, 0.2) is 18.2 Å². The van der Waals surface area contributed by atoms with Crippen molar-refractivity contribution in [3.63, 3.8) is 0 Å². The zero-order valence-corrected chi connectivity index (χ0v) is 11.8. The maximum Gasteiger partial charge on any atom is 0.251 e. The topological polar surface area (TPSA) is 84.6 Å². The molecule has 1 aromatic rings. The van der Waals surface area contributed by atoms with Gasteiger partial charge < -0.3 is 20.9 Å². The zero-order valence-electron chi connectivity index (χ0n) is 11.8. The van der Waals surface area contributed by atoms with Gasteiger partial charge in [-0.2, -0.15) is 0 Å². The third-order valence-electron chi connectivity index (χ3n) is 3.83. The lowest BCUT2D eigenvalue weighted by Gasteiger charge is -2.22. The number of aromatic hydroxyl groups is 1. The van der Waals surface area contributed by atoms with Crippen molar-refractivity contribution in [1.82, 2.24) is 5.32 Å². The molecule has 1 saturated carbocycles. The summed E-state index contributed by atoms with van der Waals surface area (Å²) in [6, 6.07) is 4.64. The first-order valence-electron chi connectivity index (χ1n) is 7.05. The van der Waals surface area contributed by atoms with Gasteiger partial charge in [0.05, 0.1) is 7.11 Å². The molecule has 4 N–H and O–H groups in total. The normalized spacial score (nSPS) is 22.9. The molecule has 1 amide bonds. The van der Waals surface area contributed by atoms with E-state index < -0.39 is 0 Å². The lowest BCUT2D eigenvalue weighted by molar-refractivity contribution is 0.0928. The quantitative estimate of drug-likeness (QED) is 0.736. The van der Waals surface area contributed by atoms with Gasteiger partial charge in [-0.3, -0.25) is 4.79 Å². The number of phenols is 1. The Morgan fingerprint density at radius 2 is 2.10 bits per heavy atom. The van der Waals surface area contributed by atoms with E-state index in [0.29, 0.717) is 11.3 Å². The number of nitrogens with one attached hydrogen (secondary N) is 1. The van der Waals surface area contributed by atoms with E-state index in [1.165, 1.54) is 19.6 Å². The smallest absolute Gasteiger partial charge is 0.251 e. The number of carbonyl (C=O) groups excluding carboxylic acids is 1. The minimum absolute atomic E-state index is 0.00768. The number of benzene rings is 1. The van der Waals surface area contributed by atoms with Crippen molar-refractivity contribution in [3.05, 3.63) is 23.8 Å². The molecule has 0 bridgehead atoms. The molecule has 1 aliphatic rings. The predicted octanol–water partition coefficient (Wildman–Crippen LogP) is 1.79. The SMILES string of the molecule is COc1ccc(C(=O)NC2CCCCCC2N)cc1O. The number of hydrogen-bond donors (Lipinski definition) is 3. The summed E-state index contributed by atoms with van der Waals surface area (Å²) in [5.41, 5.74) is 6.51. The van der Waals surface area contributed by atoms with Crippen LogP contribution in [0.1, 0.15) is 42.5 Å². The highest BCUT2D eigenvalue weighted by Crippen LogP contribution is 2.26. The molecule has 0 aromatic heterocycles. The summed E-state index contributed by atoms with van der Waals surface area (Å²) in [7, 11) is 1.47. The van der Waals surface area contributed by atoms with E-state index in [9.17, 15) is 9.90 Å². The predicted molar refractivity (Wildman–Crippen MR) is 77.0 cm³/mol. The number of nitrogens with two attached hydrogens (primary N) is 1. The average molecular weight is 278 g/mol. The summed E-state index contributed by atoms with van der Waals surface area (Å²) in [5.74, 6) is 0.114.